The summed E-state index contributed by atoms with van der Waals surface area (Å²) in [5.74, 6) is -1.08. The van der Waals surface area contributed by atoms with Gasteiger partial charge < -0.3 is 16.4 Å². The SMILES string of the molecule is Cc1ccc(NC(=O)C2N=CNC2(C(N)=O)c2cc(Br)ccc2C)cc1. The first-order valence-corrected chi connectivity index (χ1v) is 8.87. The lowest BCUT2D eigenvalue weighted by molar-refractivity contribution is -0.129. The number of amides is 2. The number of rotatable bonds is 4. The van der Waals surface area contributed by atoms with Crippen LogP contribution in [0.15, 0.2) is 51.9 Å². The topological polar surface area (TPSA) is 96.6 Å². The predicted octanol–water partition coefficient (Wildman–Crippen LogP) is 2.39. The number of halogens is 1. The number of hydrogen-bond donors (Lipinski definition) is 3. The zero-order chi connectivity index (χ0) is 18.9. The number of aliphatic imine (C=N–C) groups is 1. The van der Waals surface area contributed by atoms with Crippen molar-refractivity contribution in [3.63, 3.8) is 0 Å². The Labute approximate surface area is 160 Å². The number of hydrogen-bond acceptors (Lipinski definition) is 4. The maximum Gasteiger partial charge on any atom is 0.252 e. The van der Waals surface area contributed by atoms with E-state index in [1.54, 1.807) is 18.2 Å². The first-order chi connectivity index (χ1) is 12.3. The van der Waals surface area contributed by atoms with Crippen molar-refractivity contribution < 1.29 is 9.59 Å². The van der Waals surface area contributed by atoms with Crippen LogP contribution in [0.5, 0.6) is 0 Å². The van der Waals surface area contributed by atoms with Crippen molar-refractivity contribution in [1.82, 2.24) is 5.32 Å². The number of anilines is 1. The average Bonchev–Trinajstić information content (AvgIpc) is 3.05. The van der Waals surface area contributed by atoms with E-state index in [1.165, 1.54) is 6.34 Å². The first kappa shape index (κ1) is 18.1. The van der Waals surface area contributed by atoms with Crippen LogP contribution in [0.3, 0.4) is 0 Å². The van der Waals surface area contributed by atoms with Gasteiger partial charge in [-0.3, -0.25) is 14.6 Å². The van der Waals surface area contributed by atoms with E-state index in [4.69, 9.17) is 5.73 Å². The van der Waals surface area contributed by atoms with Gasteiger partial charge in [0.15, 0.2) is 11.6 Å². The second-order valence-corrected chi connectivity index (χ2v) is 7.23. The van der Waals surface area contributed by atoms with Gasteiger partial charge in [-0.2, -0.15) is 0 Å². The lowest BCUT2D eigenvalue weighted by atomic mass is 9.80. The molecule has 2 atom stereocenters. The highest BCUT2D eigenvalue weighted by molar-refractivity contribution is 9.10. The molecule has 0 saturated heterocycles. The van der Waals surface area contributed by atoms with E-state index >= 15 is 0 Å². The van der Waals surface area contributed by atoms with Crippen molar-refractivity contribution in [3.05, 3.63) is 63.6 Å². The Morgan fingerprint density at radius 2 is 1.88 bits per heavy atom. The first-order valence-electron chi connectivity index (χ1n) is 8.08. The molecule has 0 aromatic heterocycles. The Balaban J connectivity index is 2.00. The van der Waals surface area contributed by atoms with Crippen LogP contribution < -0.4 is 16.4 Å². The molecule has 26 heavy (non-hydrogen) atoms. The average molecular weight is 415 g/mol. The van der Waals surface area contributed by atoms with E-state index in [0.29, 0.717) is 11.3 Å². The Morgan fingerprint density at radius 1 is 1.19 bits per heavy atom. The molecule has 1 aliphatic heterocycles. The molecule has 3 rings (SSSR count). The molecule has 0 saturated carbocycles. The molecule has 0 bridgehead atoms. The molecule has 2 unspecified atom stereocenters. The van der Waals surface area contributed by atoms with Crippen molar-refractivity contribution in [1.29, 1.82) is 0 Å². The fourth-order valence-electron chi connectivity index (χ4n) is 3.10. The van der Waals surface area contributed by atoms with Crippen LogP contribution in [0.1, 0.15) is 16.7 Å². The van der Waals surface area contributed by atoms with E-state index < -0.39 is 23.4 Å². The molecule has 0 spiro atoms. The van der Waals surface area contributed by atoms with Crippen molar-refractivity contribution in [2.24, 2.45) is 10.7 Å². The summed E-state index contributed by atoms with van der Waals surface area (Å²) >= 11 is 3.41. The summed E-state index contributed by atoms with van der Waals surface area (Å²) in [6.07, 6.45) is 1.37. The van der Waals surface area contributed by atoms with Gasteiger partial charge >= 0.3 is 0 Å². The lowest BCUT2D eigenvalue weighted by Crippen LogP contribution is -2.59. The van der Waals surface area contributed by atoms with Gasteiger partial charge in [0.1, 0.15) is 0 Å². The van der Waals surface area contributed by atoms with Crippen molar-refractivity contribution in [2.75, 3.05) is 5.32 Å². The summed E-state index contributed by atoms with van der Waals surface area (Å²) in [6.45, 7) is 3.83. The van der Waals surface area contributed by atoms with Gasteiger partial charge in [0.25, 0.3) is 11.8 Å². The quantitative estimate of drug-likeness (QED) is 0.716. The molecule has 1 heterocycles. The van der Waals surface area contributed by atoms with Crippen molar-refractivity contribution in [3.8, 4) is 0 Å². The predicted molar refractivity (Wildman–Crippen MR) is 105 cm³/mol. The summed E-state index contributed by atoms with van der Waals surface area (Å²) in [5.41, 5.74) is 7.46. The molecular formula is C19H19BrN4O2. The second kappa shape index (κ2) is 6.92. The molecule has 7 heteroatoms. The summed E-state index contributed by atoms with van der Waals surface area (Å²) < 4.78 is 0.783. The van der Waals surface area contributed by atoms with Gasteiger partial charge in [-0.25, -0.2) is 0 Å². The number of aryl methyl sites for hydroxylation is 2. The number of primary amides is 1. The third-order valence-corrected chi connectivity index (χ3v) is 5.00. The largest absolute Gasteiger partial charge is 0.367 e. The molecule has 2 amide bonds. The highest BCUT2D eigenvalue weighted by Gasteiger charge is 2.52. The fourth-order valence-corrected chi connectivity index (χ4v) is 3.46. The van der Waals surface area contributed by atoms with E-state index in [9.17, 15) is 9.59 Å². The van der Waals surface area contributed by atoms with Crippen LogP contribution in [-0.2, 0) is 15.1 Å². The van der Waals surface area contributed by atoms with Gasteiger partial charge in [-0.15, -0.1) is 0 Å². The highest BCUT2D eigenvalue weighted by atomic mass is 79.9. The molecule has 0 fully saturated rings. The Morgan fingerprint density at radius 3 is 2.54 bits per heavy atom. The number of carbonyl (C=O) groups excluding carboxylic acids is 2. The molecule has 1 aliphatic rings. The lowest BCUT2D eigenvalue weighted by Gasteiger charge is -2.32. The van der Waals surface area contributed by atoms with E-state index in [0.717, 1.165) is 15.6 Å². The number of nitrogens with one attached hydrogen (secondary N) is 2. The van der Waals surface area contributed by atoms with Crippen LogP contribution >= 0.6 is 15.9 Å². The monoisotopic (exact) mass is 414 g/mol. The molecule has 4 N–H and O–H groups in total. The molecule has 0 radical (unpaired) electrons. The van der Waals surface area contributed by atoms with Crippen LogP contribution in [0.4, 0.5) is 5.69 Å². The van der Waals surface area contributed by atoms with E-state index in [2.05, 4.69) is 31.6 Å². The summed E-state index contributed by atoms with van der Waals surface area (Å²) in [7, 11) is 0. The smallest absolute Gasteiger partial charge is 0.252 e. The standard InChI is InChI=1S/C19H19BrN4O2/c1-11-3-7-14(8-4-11)24-17(25)16-19(18(21)26,23-10-22-16)15-9-13(20)6-5-12(15)2/h3-10,16H,1-2H3,(H2,21,26)(H,22,23)(H,24,25). The summed E-state index contributed by atoms with van der Waals surface area (Å²) in [5, 5.41) is 5.74. The van der Waals surface area contributed by atoms with Gasteiger partial charge in [0.05, 0.1) is 6.34 Å². The normalized spacial score (nSPS) is 21.3. The molecule has 2 aromatic rings. The molecule has 0 aliphatic carbocycles. The number of carbonyl (C=O) groups is 2. The van der Waals surface area contributed by atoms with E-state index in [-0.39, 0.29) is 0 Å². The maximum atomic E-state index is 12.9. The molecule has 6 nitrogen and oxygen atoms in total. The zero-order valence-corrected chi connectivity index (χ0v) is 16.0. The third kappa shape index (κ3) is 3.10. The maximum absolute atomic E-state index is 12.9. The second-order valence-electron chi connectivity index (χ2n) is 6.31. The molecule has 134 valence electrons. The van der Waals surface area contributed by atoms with Crippen LogP contribution in [0.25, 0.3) is 0 Å². The Hall–Kier alpha value is -2.67. The molecule has 2 aromatic carbocycles. The van der Waals surface area contributed by atoms with Crippen molar-refractivity contribution in [2.45, 2.75) is 25.4 Å². The Kier molecular flexibility index (Phi) is 4.82. The van der Waals surface area contributed by atoms with E-state index in [1.807, 2.05) is 38.1 Å². The van der Waals surface area contributed by atoms with Crippen molar-refractivity contribution >= 4 is 39.8 Å². The minimum Gasteiger partial charge on any atom is -0.367 e. The van der Waals surface area contributed by atoms with Gasteiger partial charge in [-0.1, -0.05) is 39.7 Å². The van der Waals surface area contributed by atoms with Gasteiger partial charge in [0, 0.05) is 10.2 Å². The fraction of sp³-hybridized carbons (Fsp3) is 0.211. The van der Waals surface area contributed by atoms with Gasteiger partial charge in [0.2, 0.25) is 0 Å². The molecular weight excluding hydrogens is 396 g/mol. The number of benzene rings is 2. The number of nitrogens with zero attached hydrogens (tertiary/aromatic N) is 1. The van der Waals surface area contributed by atoms with Gasteiger partial charge in [-0.05, 0) is 49.2 Å². The van der Waals surface area contributed by atoms with Crippen LogP contribution in [0.2, 0.25) is 0 Å². The summed E-state index contributed by atoms with van der Waals surface area (Å²) in [4.78, 5) is 29.6. The minimum absolute atomic E-state index is 0.409. The zero-order valence-electron chi connectivity index (χ0n) is 14.4. The highest BCUT2D eigenvalue weighted by Crippen LogP contribution is 2.34. The van der Waals surface area contributed by atoms with Crippen LogP contribution in [-0.4, -0.2) is 24.2 Å². The summed E-state index contributed by atoms with van der Waals surface area (Å²) in [6, 6.07) is 11.9. The third-order valence-electron chi connectivity index (χ3n) is 4.51. The Bertz CT molecular complexity index is 895. The minimum atomic E-state index is -1.44. The van der Waals surface area contributed by atoms with Crippen LogP contribution in [0, 0.1) is 13.8 Å². The number of nitrogens with two attached hydrogens (primary N) is 1.